The lowest BCUT2D eigenvalue weighted by molar-refractivity contribution is 0.427. The van der Waals surface area contributed by atoms with Crippen molar-refractivity contribution >= 4 is 28.4 Å². The van der Waals surface area contributed by atoms with Crippen molar-refractivity contribution in [3.05, 3.63) is 60.9 Å². The maximum atomic E-state index is 6.01. The van der Waals surface area contributed by atoms with Crippen molar-refractivity contribution in [2.24, 2.45) is 7.05 Å². The van der Waals surface area contributed by atoms with E-state index in [0.717, 1.165) is 48.1 Å². The number of fused-ring (bicyclic) bond motifs is 2. The van der Waals surface area contributed by atoms with Crippen LogP contribution in [0.25, 0.3) is 11.2 Å². The molecular weight excluding hydrogens is 364 g/mol. The van der Waals surface area contributed by atoms with Crippen molar-refractivity contribution in [2.75, 3.05) is 23.0 Å². The van der Waals surface area contributed by atoms with Crippen molar-refractivity contribution in [2.45, 2.75) is 13.3 Å². The SMILES string of the molecule is CCCN1CN(c2ccc(Oc3nc4cccnc4n3C)cc2)c2ncccc21. The number of aromatic nitrogens is 4. The molecule has 0 spiro atoms. The van der Waals surface area contributed by atoms with Crippen LogP contribution in [0.5, 0.6) is 11.8 Å². The van der Waals surface area contributed by atoms with Crippen LogP contribution in [-0.2, 0) is 7.05 Å². The molecule has 0 amide bonds. The van der Waals surface area contributed by atoms with Gasteiger partial charge in [0.15, 0.2) is 11.5 Å². The number of pyridine rings is 2. The lowest BCUT2D eigenvalue weighted by atomic mass is 10.2. The van der Waals surface area contributed by atoms with E-state index in [9.17, 15) is 0 Å². The molecule has 0 radical (unpaired) electrons. The summed E-state index contributed by atoms with van der Waals surface area (Å²) in [5.74, 6) is 1.73. The van der Waals surface area contributed by atoms with E-state index in [4.69, 9.17) is 4.74 Å². The zero-order valence-corrected chi connectivity index (χ0v) is 16.5. The van der Waals surface area contributed by atoms with Crippen molar-refractivity contribution < 1.29 is 4.74 Å². The zero-order chi connectivity index (χ0) is 19.8. The molecule has 5 rings (SSSR count). The Kier molecular flexibility index (Phi) is 4.27. The second-order valence-electron chi connectivity index (χ2n) is 7.07. The first-order valence-corrected chi connectivity index (χ1v) is 9.77. The van der Waals surface area contributed by atoms with E-state index >= 15 is 0 Å². The lowest BCUT2D eigenvalue weighted by Crippen LogP contribution is -2.28. The summed E-state index contributed by atoms with van der Waals surface area (Å²) in [4.78, 5) is 18.1. The quantitative estimate of drug-likeness (QED) is 0.504. The smallest absolute Gasteiger partial charge is 0.303 e. The minimum Gasteiger partial charge on any atom is -0.425 e. The summed E-state index contributed by atoms with van der Waals surface area (Å²) < 4.78 is 7.86. The third-order valence-electron chi connectivity index (χ3n) is 5.11. The van der Waals surface area contributed by atoms with Gasteiger partial charge in [0.1, 0.15) is 11.3 Å². The van der Waals surface area contributed by atoms with Gasteiger partial charge in [-0.2, -0.15) is 4.98 Å². The third kappa shape index (κ3) is 3.04. The highest BCUT2D eigenvalue weighted by Crippen LogP contribution is 2.39. The van der Waals surface area contributed by atoms with E-state index < -0.39 is 0 Å². The van der Waals surface area contributed by atoms with Crippen LogP contribution in [0.1, 0.15) is 13.3 Å². The summed E-state index contributed by atoms with van der Waals surface area (Å²) >= 11 is 0. The Hall–Kier alpha value is -3.61. The largest absolute Gasteiger partial charge is 0.425 e. The molecule has 0 saturated carbocycles. The fourth-order valence-corrected chi connectivity index (χ4v) is 3.72. The van der Waals surface area contributed by atoms with Gasteiger partial charge in [-0.25, -0.2) is 9.97 Å². The number of ether oxygens (including phenoxy) is 1. The number of imidazole rings is 1. The summed E-state index contributed by atoms with van der Waals surface area (Å²) in [6, 6.07) is 16.5. The summed E-state index contributed by atoms with van der Waals surface area (Å²) in [5, 5.41) is 0. The van der Waals surface area contributed by atoms with Crippen LogP contribution in [0.2, 0.25) is 0 Å². The standard InChI is InChI=1S/C22H22N6O/c1-3-14-27-15-28(21-19(27)7-5-13-24-21)16-8-10-17(11-9-16)29-22-25-18-6-4-12-23-20(18)26(22)2/h4-13H,3,14-15H2,1-2H3. The normalized spacial score (nSPS) is 13.2. The minimum absolute atomic E-state index is 0.522. The van der Waals surface area contributed by atoms with Gasteiger partial charge in [0, 0.05) is 31.7 Å². The van der Waals surface area contributed by atoms with Crippen LogP contribution in [0.15, 0.2) is 60.9 Å². The molecular formula is C22H22N6O. The molecule has 1 aliphatic rings. The molecule has 0 saturated heterocycles. The molecule has 0 fully saturated rings. The molecule has 29 heavy (non-hydrogen) atoms. The molecule has 0 atom stereocenters. The van der Waals surface area contributed by atoms with Gasteiger partial charge >= 0.3 is 6.01 Å². The average molecular weight is 386 g/mol. The Morgan fingerprint density at radius 3 is 2.59 bits per heavy atom. The number of nitrogens with zero attached hydrogens (tertiary/aromatic N) is 6. The van der Waals surface area contributed by atoms with E-state index in [1.807, 2.05) is 48.1 Å². The second kappa shape index (κ2) is 7.09. The predicted octanol–water partition coefficient (Wildman–Crippen LogP) is 4.48. The van der Waals surface area contributed by atoms with Gasteiger partial charge in [-0.3, -0.25) is 4.57 Å². The fraction of sp³-hybridized carbons (Fsp3) is 0.227. The van der Waals surface area contributed by atoms with E-state index in [1.54, 1.807) is 6.20 Å². The van der Waals surface area contributed by atoms with E-state index in [2.05, 4.69) is 49.9 Å². The van der Waals surface area contributed by atoms with Gasteiger partial charge < -0.3 is 14.5 Å². The molecule has 3 aromatic heterocycles. The number of anilines is 3. The molecule has 0 N–H and O–H groups in total. The van der Waals surface area contributed by atoms with Crippen LogP contribution >= 0.6 is 0 Å². The first-order valence-electron chi connectivity index (χ1n) is 9.77. The van der Waals surface area contributed by atoms with Gasteiger partial charge in [-0.15, -0.1) is 0 Å². The van der Waals surface area contributed by atoms with Gasteiger partial charge in [0.2, 0.25) is 0 Å². The van der Waals surface area contributed by atoms with Crippen molar-refractivity contribution in [1.29, 1.82) is 0 Å². The number of aryl methyl sites for hydroxylation is 1. The number of hydrogen-bond acceptors (Lipinski definition) is 6. The summed E-state index contributed by atoms with van der Waals surface area (Å²) in [6.45, 7) is 4.01. The van der Waals surface area contributed by atoms with Crippen LogP contribution < -0.4 is 14.5 Å². The molecule has 7 heteroatoms. The van der Waals surface area contributed by atoms with E-state index in [1.165, 1.54) is 5.69 Å². The Labute approximate surface area is 169 Å². The maximum absolute atomic E-state index is 6.01. The van der Waals surface area contributed by atoms with Crippen LogP contribution in [-0.4, -0.2) is 32.7 Å². The Morgan fingerprint density at radius 1 is 1.00 bits per heavy atom. The first-order chi connectivity index (χ1) is 14.2. The lowest BCUT2D eigenvalue weighted by Gasteiger charge is -2.21. The number of benzene rings is 1. The third-order valence-corrected chi connectivity index (χ3v) is 5.11. The van der Waals surface area contributed by atoms with Crippen LogP contribution in [0, 0.1) is 0 Å². The molecule has 4 heterocycles. The zero-order valence-electron chi connectivity index (χ0n) is 16.5. The molecule has 7 nitrogen and oxygen atoms in total. The molecule has 4 aromatic rings. The first kappa shape index (κ1) is 17.5. The number of hydrogen-bond donors (Lipinski definition) is 0. The van der Waals surface area contributed by atoms with Gasteiger partial charge in [-0.1, -0.05) is 6.92 Å². The fourth-order valence-electron chi connectivity index (χ4n) is 3.72. The predicted molar refractivity (Wildman–Crippen MR) is 114 cm³/mol. The van der Waals surface area contributed by atoms with Crippen molar-refractivity contribution in [3.8, 4) is 11.8 Å². The number of rotatable bonds is 5. The van der Waals surface area contributed by atoms with Crippen LogP contribution in [0.3, 0.4) is 0 Å². The topological polar surface area (TPSA) is 59.3 Å². The molecule has 146 valence electrons. The van der Waals surface area contributed by atoms with E-state index in [-0.39, 0.29) is 0 Å². The van der Waals surface area contributed by atoms with Gasteiger partial charge in [0.25, 0.3) is 0 Å². The molecule has 1 aliphatic heterocycles. The monoisotopic (exact) mass is 386 g/mol. The molecule has 0 aliphatic carbocycles. The van der Waals surface area contributed by atoms with Crippen molar-refractivity contribution in [3.63, 3.8) is 0 Å². The van der Waals surface area contributed by atoms with Crippen LogP contribution in [0.4, 0.5) is 17.2 Å². The average Bonchev–Trinajstić information content (AvgIpc) is 3.28. The van der Waals surface area contributed by atoms with Crippen molar-refractivity contribution in [1.82, 2.24) is 19.5 Å². The van der Waals surface area contributed by atoms with E-state index in [0.29, 0.717) is 6.01 Å². The summed E-state index contributed by atoms with van der Waals surface area (Å²) in [7, 11) is 1.90. The van der Waals surface area contributed by atoms with Gasteiger partial charge in [-0.05, 0) is 55.0 Å². The maximum Gasteiger partial charge on any atom is 0.303 e. The second-order valence-corrected chi connectivity index (χ2v) is 7.07. The Balaban J connectivity index is 1.40. The molecule has 1 aromatic carbocycles. The minimum atomic E-state index is 0.522. The Bertz CT molecular complexity index is 1150. The summed E-state index contributed by atoms with van der Waals surface area (Å²) in [6.07, 6.45) is 4.70. The molecule has 0 bridgehead atoms. The highest BCUT2D eigenvalue weighted by atomic mass is 16.5. The highest BCUT2D eigenvalue weighted by Gasteiger charge is 2.27. The highest BCUT2D eigenvalue weighted by molar-refractivity contribution is 5.79. The molecule has 0 unspecified atom stereocenters. The summed E-state index contributed by atoms with van der Waals surface area (Å²) in [5.41, 5.74) is 3.89. The van der Waals surface area contributed by atoms with Gasteiger partial charge in [0.05, 0.1) is 12.4 Å². The Morgan fingerprint density at radius 2 is 1.79 bits per heavy atom.